The number of halogens is 1. The van der Waals surface area contributed by atoms with Crippen LogP contribution in [0.1, 0.15) is 32.6 Å². The van der Waals surface area contributed by atoms with Gasteiger partial charge in [-0.05, 0) is 56.1 Å². The summed E-state index contributed by atoms with van der Waals surface area (Å²) in [4.78, 5) is 11.9. The second-order valence-electron chi connectivity index (χ2n) is 6.21. The van der Waals surface area contributed by atoms with E-state index in [-0.39, 0.29) is 17.8 Å². The van der Waals surface area contributed by atoms with Crippen molar-refractivity contribution in [1.82, 2.24) is 5.32 Å². The molecule has 3 rings (SSSR count). The number of hydrogen-bond acceptors (Lipinski definition) is 1. The Labute approximate surface area is 118 Å². The van der Waals surface area contributed by atoms with Gasteiger partial charge in [-0.15, -0.1) is 0 Å². The van der Waals surface area contributed by atoms with Crippen LogP contribution in [0.2, 0.25) is 0 Å². The number of rotatable bonds is 3. The Morgan fingerprint density at radius 3 is 2.75 bits per heavy atom. The van der Waals surface area contributed by atoms with E-state index in [1.165, 1.54) is 31.7 Å². The van der Waals surface area contributed by atoms with Crippen LogP contribution in [0.15, 0.2) is 24.3 Å². The van der Waals surface area contributed by atoms with Crippen molar-refractivity contribution in [2.75, 3.05) is 5.32 Å². The Balaban J connectivity index is 1.55. The predicted octanol–water partition coefficient (Wildman–Crippen LogP) is 3.77. The van der Waals surface area contributed by atoms with E-state index in [2.05, 4.69) is 17.6 Å². The number of amides is 2. The molecule has 2 aliphatic carbocycles. The molecule has 2 N–H and O–H groups in total. The summed E-state index contributed by atoms with van der Waals surface area (Å²) in [6.45, 7) is 2.06. The van der Waals surface area contributed by atoms with Gasteiger partial charge in [-0.3, -0.25) is 0 Å². The number of hydrogen-bond donors (Lipinski definition) is 2. The van der Waals surface area contributed by atoms with Crippen LogP contribution in [0.25, 0.3) is 0 Å². The van der Waals surface area contributed by atoms with Crippen molar-refractivity contribution < 1.29 is 9.18 Å². The van der Waals surface area contributed by atoms with Crippen LogP contribution in [0.5, 0.6) is 0 Å². The molecule has 108 valence electrons. The number of benzene rings is 1. The largest absolute Gasteiger partial charge is 0.335 e. The summed E-state index contributed by atoms with van der Waals surface area (Å²) >= 11 is 0. The van der Waals surface area contributed by atoms with Crippen LogP contribution in [0, 0.1) is 23.6 Å². The molecule has 0 radical (unpaired) electrons. The molecule has 20 heavy (non-hydrogen) atoms. The SMILES string of the molecule is CC(NC(=O)Nc1ccccc1F)C1CC2CCC1C2. The van der Waals surface area contributed by atoms with Crippen LogP contribution in [-0.4, -0.2) is 12.1 Å². The highest BCUT2D eigenvalue weighted by molar-refractivity contribution is 5.89. The first-order chi connectivity index (χ1) is 9.63. The number of urea groups is 1. The number of anilines is 1. The van der Waals surface area contributed by atoms with Gasteiger partial charge in [0, 0.05) is 6.04 Å². The molecule has 2 bridgehead atoms. The average molecular weight is 276 g/mol. The van der Waals surface area contributed by atoms with Gasteiger partial charge >= 0.3 is 6.03 Å². The lowest BCUT2D eigenvalue weighted by Gasteiger charge is -2.28. The van der Waals surface area contributed by atoms with Gasteiger partial charge in [0.1, 0.15) is 5.82 Å². The molecule has 0 heterocycles. The van der Waals surface area contributed by atoms with E-state index in [4.69, 9.17) is 0 Å². The number of para-hydroxylation sites is 1. The van der Waals surface area contributed by atoms with E-state index < -0.39 is 5.82 Å². The standard InChI is InChI=1S/C16H21FN2O/c1-10(13-9-11-6-7-12(13)8-11)18-16(20)19-15-5-3-2-4-14(15)17/h2-5,10-13H,6-9H2,1H3,(H2,18,19,20). The minimum Gasteiger partial charge on any atom is -0.335 e. The lowest BCUT2D eigenvalue weighted by molar-refractivity contribution is 0.230. The fourth-order valence-corrected chi connectivity index (χ4v) is 3.94. The quantitative estimate of drug-likeness (QED) is 0.867. The number of carbonyl (C=O) groups is 1. The maximum atomic E-state index is 13.5. The molecule has 2 fully saturated rings. The van der Waals surface area contributed by atoms with Crippen LogP contribution in [0.3, 0.4) is 0 Å². The van der Waals surface area contributed by atoms with Gasteiger partial charge in [0.15, 0.2) is 0 Å². The van der Waals surface area contributed by atoms with Gasteiger partial charge in [-0.25, -0.2) is 9.18 Å². The van der Waals surface area contributed by atoms with Gasteiger partial charge in [0.25, 0.3) is 0 Å². The van der Waals surface area contributed by atoms with E-state index >= 15 is 0 Å². The molecule has 4 atom stereocenters. The summed E-state index contributed by atoms with van der Waals surface area (Å²) < 4.78 is 13.5. The van der Waals surface area contributed by atoms with Crippen molar-refractivity contribution in [2.45, 2.75) is 38.6 Å². The number of fused-ring (bicyclic) bond motifs is 2. The van der Waals surface area contributed by atoms with Crippen molar-refractivity contribution in [2.24, 2.45) is 17.8 Å². The summed E-state index contributed by atoms with van der Waals surface area (Å²) in [5.74, 6) is 1.81. The zero-order valence-corrected chi connectivity index (χ0v) is 11.7. The maximum Gasteiger partial charge on any atom is 0.319 e. The van der Waals surface area contributed by atoms with Gasteiger partial charge in [-0.2, -0.15) is 0 Å². The normalized spacial score (nSPS) is 29.2. The first-order valence-corrected chi connectivity index (χ1v) is 7.45. The lowest BCUT2D eigenvalue weighted by Crippen LogP contribution is -2.42. The van der Waals surface area contributed by atoms with Gasteiger partial charge < -0.3 is 10.6 Å². The first-order valence-electron chi connectivity index (χ1n) is 7.45. The average Bonchev–Trinajstić information content (AvgIpc) is 3.03. The zero-order valence-electron chi connectivity index (χ0n) is 11.7. The number of carbonyl (C=O) groups excluding carboxylic acids is 1. The minimum absolute atomic E-state index is 0.150. The highest BCUT2D eigenvalue weighted by Gasteiger charge is 2.42. The van der Waals surface area contributed by atoms with Crippen molar-refractivity contribution in [3.05, 3.63) is 30.1 Å². The Bertz CT molecular complexity index is 505. The summed E-state index contributed by atoms with van der Waals surface area (Å²) in [6, 6.07) is 6.06. The molecule has 1 aromatic carbocycles. The highest BCUT2D eigenvalue weighted by atomic mass is 19.1. The van der Waals surface area contributed by atoms with E-state index in [1.54, 1.807) is 18.2 Å². The second kappa shape index (κ2) is 5.43. The van der Waals surface area contributed by atoms with E-state index in [0.717, 1.165) is 11.8 Å². The smallest absolute Gasteiger partial charge is 0.319 e. The lowest BCUT2D eigenvalue weighted by atomic mass is 9.84. The predicted molar refractivity (Wildman–Crippen MR) is 77.0 cm³/mol. The summed E-state index contributed by atoms with van der Waals surface area (Å²) in [7, 11) is 0. The molecule has 2 saturated carbocycles. The third-order valence-electron chi connectivity index (χ3n) is 4.92. The number of nitrogens with one attached hydrogen (secondary N) is 2. The molecular weight excluding hydrogens is 255 g/mol. The molecule has 0 spiro atoms. The molecular formula is C16H21FN2O. The summed E-state index contributed by atoms with van der Waals surface area (Å²) in [6.07, 6.45) is 5.21. The van der Waals surface area contributed by atoms with E-state index in [0.29, 0.717) is 5.92 Å². The summed E-state index contributed by atoms with van der Waals surface area (Å²) in [5, 5.41) is 5.55. The molecule has 0 saturated heterocycles. The van der Waals surface area contributed by atoms with Crippen molar-refractivity contribution >= 4 is 11.7 Å². The van der Waals surface area contributed by atoms with Gasteiger partial charge in [-0.1, -0.05) is 18.6 Å². The molecule has 1 aromatic rings. The van der Waals surface area contributed by atoms with Crippen LogP contribution in [-0.2, 0) is 0 Å². The third kappa shape index (κ3) is 2.65. The van der Waals surface area contributed by atoms with Crippen LogP contribution >= 0.6 is 0 Å². The molecule has 2 aliphatic rings. The molecule has 0 aromatic heterocycles. The Hall–Kier alpha value is -1.58. The molecule has 4 heteroatoms. The fourth-order valence-electron chi connectivity index (χ4n) is 3.94. The van der Waals surface area contributed by atoms with Crippen molar-refractivity contribution in [1.29, 1.82) is 0 Å². The Kier molecular flexibility index (Phi) is 3.64. The molecule has 4 unspecified atom stereocenters. The van der Waals surface area contributed by atoms with Crippen molar-refractivity contribution in [3.8, 4) is 0 Å². The minimum atomic E-state index is -0.407. The zero-order chi connectivity index (χ0) is 14.1. The highest BCUT2D eigenvalue weighted by Crippen LogP contribution is 2.49. The first kappa shape index (κ1) is 13.4. The van der Waals surface area contributed by atoms with Crippen LogP contribution < -0.4 is 10.6 Å². The monoisotopic (exact) mass is 276 g/mol. The van der Waals surface area contributed by atoms with Gasteiger partial charge in [0.2, 0.25) is 0 Å². The topological polar surface area (TPSA) is 41.1 Å². The van der Waals surface area contributed by atoms with Crippen LogP contribution in [0.4, 0.5) is 14.9 Å². The van der Waals surface area contributed by atoms with E-state index in [9.17, 15) is 9.18 Å². The molecule has 3 nitrogen and oxygen atoms in total. The third-order valence-corrected chi connectivity index (χ3v) is 4.92. The molecule has 0 aliphatic heterocycles. The maximum absolute atomic E-state index is 13.5. The molecule has 2 amide bonds. The Morgan fingerprint density at radius 2 is 2.10 bits per heavy atom. The Morgan fingerprint density at radius 1 is 1.30 bits per heavy atom. The van der Waals surface area contributed by atoms with Gasteiger partial charge in [0.05, 0.1) is 5.69 Å². The second-order valence-corrected chi connectivity index (χ2v) is 6.21. The van der Waals surface area contributed by atoms with Crippen molar-refractivity contribution in [3.63, 3.8) is 0 Å². The summed E-state index contributed by atoms with van der Waals surface area (Å²) in [5.41, 5.74) is 0.227. The fraction of sp³-hybridized carbons (Fsp3) is 0.562. The van der Waals surface area contributed by atoms with E-state index in [1.807, 2.05) is 0 Å².